The molecule has 0 amide bonds. The molecule has 58 heavy (non-hydrogen) atoms. The van der Waals surface area contributed by atoms with Crippen LogP contribution in [0.15, 0.2) is 120 Å². The minimum atomic E-state index is -0.243. The van der Waals surface area contributed by atoms with Crippen LogP contribution in [0.1, 0.15) is 104 Å². The van der Waals surface area contributed by atoms with E-state index in [1.54, 1.807) is 0 Å². The van der Waals surface area contributed by atoms with Crippen molar-refractivity contribution in [3.8, 4) is 39.6 Å². The van der Waals surface area contributed by atoms with Gasteiger partial charge in [0.1, 0.15) is 28.6 Å². The smallest absolute Gasteiger partial charge is 0.163 e. The van der Waals surface area contributed by atoms with Crippen molar-refractivity contribution in [1.29, 1.82) is 0 Å². The van der Waals surface area contributed by atoms with Gasteiger partial charge in [0.2, 0.25) is 0 Å². The van der Waals surface area contributed by atoms with E-state index in [9.17, 15) is 0 Å². The molecule has 3 aromatic heterocycles. The second-order valence-electron chi connectivity index (χ2n) is 18.4. The Morgan fingerprint density at radius 2 is 1.17 bits per heavy atom. The largest absolute Gasteiger partial charge is 0.455 e. The lowest BCUT2D eigenvalue weighted by Gasteiger charge is -2.24. The van der Waals surface area contributed by atoms with Crippen LogP contribution in [0.5, 0.6) is 0 Å². The Hall–Kier alpha value is -6.14. The first-order valence-electron chi connectivity index (χ1n) is 20.5. The van der Waals surface area contributed by atoms with Crippen LogP contribution in [-0.4, -0.2) is 24.5 Å². The Bertz CT molecular complexity index is 2960. The first kappa shape index (κ1) is 37.4. The number of para-hydroxylation sites is 2. The van der Waals surface area contributed by atoms with Crippen LogP contribution >= 0.6 is 0 Å². The average molecular weight is 762 g/mol. The van der Waals surface area contributed by atoms with E-state index < -0.39 is 0 Å². The normalized spacial score (nSPS) is 12.6. The Balaban J connectivity index is 1.34. The predicted molar refractivity (Wildman–Crippen MR) is 241 cm³/mol. The molecular weight excluding hydrogens is 711 g/mol. The topological polar surface area (TPSA) is 69.6 Å². The second kappa shape index (κ2) is 13.8. The monoisotopic (exact) mass is 761 g/mol. The van der Waals surface area contributed by atoms with Crippen LogP contribution in [0.3, 0.4) is 0 Å². The fourth-order valence-electron chi connectivity index (χ4n) is 8.16. The third kappa shape index (κ3) is 6.35. The first-order valence-corrected chi connectivity index (χ1v) is 20.5. The Morgan fingerprint density at radius 3 is 1.83 bits per heavy atom. The molecule has 0 saturated carbocycles. The molecule has 0 aliphatic carbocycles. The predicted octanol–water partition coefficient (Wildman–Crippen LogP) is 14.1. The molecule has 0 fully saturated rings. The molecule has 6 aromatic carbocycles. The third-order valence-electron chi connectivity index (χ3n) is 11.2. The van der Waals surface area contributed by atoms with E-state index in [0.29, 0.717) is 5.82 Å². The van der Waals surface area contributed by atoms with Gasteiger partial charge in [0.15, 0.2) is 5.82 Å². The number of fused-ring (bicyclic) bond motifs is 6. The van der Waals surface area contributed by atoms with Gasteiger partial charge in [-0.1, -0.05) is 142 Å². The highest BCUT2D eigenvalue weighted by Crippen LogP contribution is 2.45. The van der Waals surface area contributed by atoms with E-state index in [1.807, 2.05) is 0 Å². The van der Waals surface area contributed by atoms with Gasteiger partial charge in [-0.25, -0.2) is 19.9 Å². The number of furan rings is 1. The zero-order valence-electron chi connectivity index (χ0n) is 35.3. The summed E-state index contributed by atoms with van der Waals surface area (Å²) in [6.45, 7) is 22.1. The van der Waals surface area contributed by atoms with Gasteiger partial charge in [0.05, 0.1) is 22.3 Å². The minimum absolute atomic E-state index is 0.243. The van der Waals surface area contributed by atoms with Crippen molar-refractivity contribution in [1.82, 2.24) is 24.5 Å². The maximum absolute atomic E-state index is 7.10. The molecule has 0 aliphatic rings. The van der Waals surface area contributed by atoms with E-state index in [0.717, 1.165) is 72.3 Å². The quantitative estimate of drug-likeness (QED) is 0.169. The van der Waals surface area contributed by atoms with Gasteiger partial charge in [-0.05, 0) is 87.3 Å². The summed E-state index contributed by atoms with van der Waals surface area (Å²) in [7, 11) is 0. The number of hydrogen-bond acceptors (Lipinski definition) is 5. The summed E-state index contributed by atoms with van der Waals surface area (Å²) in [5.41, 5.74) is 11.1. The fourth-order valence-corrected chi connectivity index (χ4v) is 8.16. The van der Waals surface area contributed by atoms with Crippen LogP contribution in [0.25, 0.3) is 83.3 Å². The molecule has 290 valence electrons. The van der Waals surface area contributed by atoms with Gasteiger partial charge in [0.25, 0.3) is 0 Å². The highest BCUT2D eigenvalue weighted by atomic mass is 16.3. The molecule has 0 saturated heterocycles. The second-order valence-corrected chi connectivity index (χ2v) is 18.4. The average Bonchev–Trinajstić information content (AvgIpc) is 3.78. The molecule has 0 unspecified atom stereocenters. The summed E-state index contributed by atoms with van der Waals surface area (Å²) < 4.78 is 9.50. The standard InChI is InChI=1S/C52H51N5O/c1-30(2)38-27-35(32-18-12-11-13-19-32)28-39(31(3)4)45(38)57-42-23-17-16-22-41(42)53-48(57)40-26-33-20-14-15-21-36(33)44-37-25-24-34(29-43(37)58-46(40)44)47-54-49(51(5,6)7)56-50(55-47)52(8,9)10/h11-31H,1-10H3. The molecule has 6 heteroatoms. The highest BCUT2D eigenvalue weighted by Gasteiger charge is 2.28. The minimum Gasteiger partial charge on any atom is -0.455 e. The molecule has 0 spiro atoms. The van der Waals surface area contributed by atoms with Crippen molar-refractivity contribution in [3.63, 3.8) is 0 Å². The third-order valence-corrected chi connectivity index (χ3v) is 11.2. The molecule has 0 radical (unpaired) electrons. The van der Waals surface area contributed by atoms with E-state index in [2.05, 4.69) is 189 Å². The number of hydrogen-bond donors (Lipinski definition) is 0. The van der Waals surface area contributed by atoms with Crippen LogP contribution in [0.2, 0.25) is 0 Å². The number of imidazole rings is 1. The number of aromatic nitrogens is 5. The summed E-state index contributed by atoms with van der Waals surface area (Å²) in [4.78, 5) is 20.5. The summed E-state index contributed by atoms with van der Waals surface area (Å²) in [5, 5.41) is 4.38. The van der Waals surface area contributed by atoms with Crippen molar-refractivity contribution in [3.05, 3.63) is 138 Å². The molecule has 3 heterocycles. The van der Waals surface area contributed by atoms with Gasteiger partial charge in [0, 0.05) is 27.2 Å². The zero-order chi connectivity index (χ0) is 40.7. The van der Waals surface area contributed by atoms with Gasteiger partial charge >= 0.3 is 0 Å². The van der Waals surface area contributed by atoms with Crippen LogP contribution in [0.4, 0.5) is 0 Å². The van der Waals surface area contributed by atoms with Crippen LogP contribution < -0.4 is 0 Å². The van der Waals surface area contributed by atoms with Crippen molar-refractivity contribution < 1.29 is 4.42 Å². The lowest BCUT2D eigenvalue weighted by molar-refractivity contribution is 0.497. The van der Waals surface area contributed by atoms with Crippen molar-refractivity contribution in [2.45, 2.75) is 91.9 Å². The summed E-state index contributed by atoms with van der Waals surface area (Å²) >= 11 is 0. The molecule has 0 bridgehead atoms. The summed E-state index contributed by atoms with van der Waals surface area (Å²) in [6, 6.07) is 41.2. The van der Waals surface area contributed by atoms with Gasteiger partial charge in [-0.15, -0.1) is 0 Å². The molecular formula is C52H51N5O. The fraction of sp³-hybridized carbons (Fsp3) is 0.269. The van der Waals surface area contributed by atoms with Crippen molar-refractivity contribution in [2.75, 3.05) is 0 Å². The molecule has 0 N–H and O–H groups in total. The maximum Gasteiger partial charge on any atom is 0.163 e. The molecule has 0 atom stereocenters. The SMILES string of the molecule is CC(C)c1cc(-c2ccccc2)cc(C(C)C)c1-n1c(-c2cc3ccccc3c3c2oc2cc(-c4nc(C(C)(C)C)nc(C(C)(C)C)n4)ccc23)nc2ccccc21. The Kier molecular flexibility index (Phi) is 8.88. The van der Waals surface area contributed by atoms with E-state index in [-0.39, 0.29) is 22.7 Å². The van der Waals surface area contributed by atoms with E-state index >= 15 is 0 Å². The molecule has 9 rings (SSSR count). The molecule has 6 nitrogen and oxygen atoms in total. The zero-order valence-corrected chi connectivity index (χ0v) is 35.3. The maximum atomic E-state index is 7.10. The first-order chi connectivity index (χ1) is 27.7. The Morgan fingerprint density at radius 1 is 0.552 bits per heavy atom. The van der Waals surface area contributed by atoms with Gasteiger partial charge < -0.3 is 4.42 Å². The lowest BCUT2D eigenvalue weighted by atomic mass is 9.88. The van der Waals surface area contributed by atoms with Gasteiger partial charge in [-0.2, -0.15) is 0 Å². The van der Waals surface area contributed by atoms with E-state index in [4.69, 9.17) is 24.4 Å². The van der Waals surface area contributed by atoms with Crippen molar-refractivity contribution >= 4 is 43.7 Å². The lowest BCUT2D eigenvalue weighted by Crippen LogP contribution is -2.24. The molecule has 0 aliphatic heterocycles. The van der Waals surface area contributed by atoms with Gasteiger partial charge in [-0.3, -0.25) is 4.57 Å². The van der Waals surface area contributed by atoms with Crippen molar-refractivity contribution in [2.24, 2.45) is 0 Å². The Labute approximate surface area is 341 Å². The van der Waals surface area contributed by atoms with Crippen LogP contribution in [-0.2, 0) is 10.8 Å². The molecule has 9 aromatic rings. The van der Waals surface area contributed by atoms with E-state index in [1.165, 1.54) is 27.9 Å². The summed E-state index contributed by atoms with van der Waals surface area (Å²) in [6.07, 6.45) is 0. The number of benzene rings is 6. The summed E-state index contributed by atoms with van der Waals surface area (Å²) in [5.74, 6) is 3.56. The number of nitrogens with zero attached hydrogens (tertiary/aromatic N) is 5. The highest BCUT2D eigenvalue weighted by molar-refractivity contribution is 6.22. The van der Waals surface area contributed by atoms with Crippen LogP contribution in [0, 0.1) is 0 Å². The number of rotatable bonds is 6.